The highest BCUT2D eigenvalue weighted by Gasteiger charge is 2.01. The molecule has 10 heavy (non-hydrogen) atoms. The van der Waals surface area contributed by atoms with Gasteiger partial charge in [0.05, 0.1) is 11.4 Å². The Bertz CT molecular complexity index is 170. The van der Waals surface area contributed by atoms with Gasteiger partial charge < -0.3 is 11.2 Å². The van der Waals surface area contributed by atoms with Crippen LogP contribution in [-0.4, -0.2) is 7.05 Å². The second-order valence-electron chi connectivity index (χ2n) is 2.23. The van der Waals surface area contributed by atoms with Gasteiger partial charge in [-0.2, -0.15) is 0 Å². The molecule has 1 aliphatic rings. The van der Waals surface area contributed by atoms with Crippen molar-refractivity contribution in [1.29, 1.82) is 0 Å². The van der Waals surface area contributed by atoms with Gasteiger partial charge in [-0.25, -0.2) is 5.43 Å². The fourth-order valence-electron chi connectivity index (χ4n) is 0.952. The fourth-order valence-corrected chi connectivity index (χ4v) is 0.952. The Kier molecular flexibility index (Phi) is 2.34. The molecule has 1 rings (SSSR count). The normalized spacial score (nSPS) is 17.7. The second kappa shape index (κ2) is 3.27. The third-order valence-electron chi connectivity index (χ3n) is 1.45. The summed E-state index contributed by atoms with van der Waals surface area (Å²) in [4.78, 5) is 0. The van der Waals surface area contributed by atoms with E-state index in [2.05, 4.69) is 16.9 Å². The van der Waals surface area contributed by atoms with Gasteiger partial charge in [0.1, 0.15) is 0 Å². The zero-order chi connectivity index (χ0) is 7.40. The van der Waals surface area contributed by atoms with Gasteiger partial charge in [0.25, 0.3) is 0 Å². The van der Waals surface area contributed by atoms with E-state index in [-0.39, 0.29) is 0 Å². The maximum atomic E-state index is 5.66. The van der Waals surface area contributed by atoms with Crippen molar-refractivity contribution in [2.75, 3.05) is 7.05 Å². The maximum absolute atomic E-state index is 5.66. The summed E-state index contributed by atoms with van der Waals surface area (Å²) in [6.45, 7) is 0. The van der Waals surface area contributed by atoms with Crippen molar-refractivity contribution in [3.05, 3.63) is 23.5 Å². The highest BCUT2D eigenvalue weighted by molar-refractivity contribution is 5.28. The Labute approximate surface area is 61.0 Å². The van der Waals surface area contributed by atoms with E-state index in [1.165, 1.54) is 0 Å². The van der Waals surface area contributed by atoms with Crippen LogP contribution in [0.25, 0.3) is 0 Å². The molecular weight excluding hydrogens is 126 g/mol. The molecule has 0 saturated heterocycles. The Hall–Kier alpha value is -0.960. The molecule has 0 heterocycles. The summed E-state index contributed by atoms with van der Waals surface area (Å²) in [6.07, 6.45) is 6.25. The highest BCUT2D eigenvalue weighted by Crippen LogP contribution is 2.10. The van der Waals surface area contributed by atoms with Crippen LogP contribution in [0.4, 0.5) is 0 Å². The van der Waals surface area contributed by atoms with Gasteiger partial charge in [0.2, 0.25) is 0 Å². The van der Waals surface area contributed by atoms with Crippen LogP contribution >= 0.6 is 0 Å². The van der Waals surface area contributed by atoms with Crippen molar-refractivity contribution >= 4 is 0 Å². The number of hydrogen-bond donors (Lipinski definition) is 3. The van der Waals surface area contributed by atoms with Crippen LogP contribution in [0.2, 0.25) is 0 Å². The standard InChI is InChI=1S/C7H13N3/c1-9-10-7-5-3-2-4-6(7)8/h4-5,9-10H,2-3,8H2,1H3. The van der Waals surface area contributed by atoms with Crippen molar-refractivity contribution in [1.82, 2.24) is 10.9 Å². The first kappa shape index (κ1) is 7.15. The number of hydrazine groups is 1. The van der Waals surface area contributed by atoms with Gasteiger partial charge in [0, 0.05) is 7.05 Å². The average molecular weight is 139 g/mol. The molecule has 0 spiro atoms. The molecule has 1 aliphatic carbocycles. The summed E-state index contributed by atoms with van der Waals surface area (Å²) in [7, 11) is 1.82. The summed E-state index contributed by atoms with van der Waals surface area (Å²) >= 11 is 0. The minimum atomic E-state index is 0.834. The van der Waals surface area contributed by atoms with E-state index in [9.17, 15) is 0 Å². The van der Waals surface area contributed by atoms with Crippen LogP contribution in [-0.2, 0) is 0 Å². The van der Waals surface area contributed by atoms with E-state index in [0.29, 0.717) is 0 Å². The quantitative estimate of drug-likeness (QED) is 0.480. The topological polar surface area (TPSA) is 50.1 Å². The van der Waals surface area contributed by atoms with Crippen LogP contribution < -0.4 is 16.6 Å². The van der Waals surface area contributed by atoms with Crippen LogP contribution in [0.1, 0.15) is 12.8 Å². The summed E-state index contributed by atoms with van der Waals surface area (Å²) in [6, 6.07) is 0. The molecule has 0 unspecified atom stereocenters. The van der Waals surface area contributed by atoms with Gasteiger partial charge in [-0.1, -0.05) is 12.2 Å². The van der Waals surface area contributed by atoms with Gasteiger partial charge >= 0.3 is 0 Å². The molecule has 0 aromatic heterocycles. The summed E-state index contributed by atoms with van der Waals surface area (Å²) in [5.41, 5.74) is 13.3. The molecule has 0 bridgehead atoms. The lowest BCUT2D eigenvalue weighted by Gasteiger charge is -2.13. The van der Waals surface area contributed by atoms with Crippen molar-refractivity contribution in [2.24, 2.45) is 5.73 Å². The van der Waals surface area contributed by atoms with Crippen molar-refractivity contribution < 1.29 is 0 Å². The van der Waals surface area contributed by atoms with Gasteiger partial charge in [-0.05, 0) is 12.8 Å². The first-order valence-corrected chi connectivity index (χ1v) is 3.43. The summed E-state index contributed by atoms with van der Waals surface area (Å²) < 4.78 is 0. The van der Waals surface area contributed by atoms with E-state index in [4.69, 9.17) is 5.73 Å². The van der Waals surface area contributed by atoms with Gasteiger partial charge in [-0.3, -0.25) is 0 Å². The molecular formula is C7H13N3. The van der Waals surface area contributed by atoms with Gasteiger partial charge in [-0.15, -0.1) is 0 Å². The number of hydrogen-bond acceptors (Lipinski definition) is 3. The number of nitrogens with two attached hydrogens (primary N) is 1. The summed E-state index contributed by atoms with van der Waals surface area (Å²) in [5.74, 6) is 0. The molecule has 0 radical (unpaired) electrons. The largest absolute Gasteiger partial charge is 0.397 e. The monoisotopic (exact) mass is 139 g/mol. The van der Waals surface area contributed by atoms with Crippen LogP contribution in [0.5, 0.6) is 0 Å². The molecule has 0 aromatic carbocycles. The first-order valence-electron chi connectivity index (χ1n) is 3.43. The molecule has 0 aliphatic heterocycles. The van der Waals surface area contributed by atoms with E-state index in [1.807, 2.05) is 13.1 Å². The van der Waals surface area contributed by atoms with E-state index >= 15 is 0 Å². The van der Waals surface area contributed by atoms with Gasteiger partial charge in [0.15, 0.2) is 0 Å². The molecule has 4 N–H and O–H groups in total. The minimum absolute atomic E-state index is 0.834. The Balaban J connectivity index is 2.56. The van der Waals surface area contributed by atoms with Crippen LogP contribution in [0.15, 0.2) is 23.5 Å². The third-order valence-corrected chi connectivity index (χ3v) is 1.45. The lowest BCUT2D eigenvalue weighted by atomic mass is 10.1. The van der Waals surface area contributed by atoms with Crippen molar-refractivity contribution in [2.45, 2.75) is 12.8 Å². The van der Waals surface area contributed by atoms with Crippen LogP contribution in [0.3, 0.4) is 0 Å². The zero-order valence-corrected chi connectivity index (χ0v) is 6.15. The molecule has 0 fully saturated rings. The zero-order valence-electron chi connectivity index (χ0n) is 6.15. The molecule has 0 aromatic rings. The smallest absolute Gasteiger partial charge is 0.0674 e. The minimum Gasteiger partial charge on any atom is -0.397 e. The van der Waals surface area contributed by atoms with E-state index < -0.39 is 0 Å². The predicted molar refractivity (Wildman–Crippen MR) is 41.8 cm³/mol. The maximum Gasteiger partial charge on any atom is 0.0674 e. The Morgan fingerprint density at radius 3 is 2.70 bits per heavy atom. The SMILES string of the molecule is CNNC1=CCCC=C1N. The Morgan fingerprint density at radius 2 is 2.10 bits per heavy atom. The predicted octanol–water partition coefficient (Wildman–Crippen LogP) is 0.231. The lowest BCUT2D eigenvalue weighted by Crippen LogP contribution is -2.30. The molecule has 0 amide bonds. The Morgan fingerprint density at radius 1 is 1.40 bits per heavy atom. The highest BCUT2D eigenvalue weighted by atomic mass is 15.3. The molecule has 0 atom stereocenters. The fraction of sp³-hybridized carbons (Fsp3) is 0.429. The van der Waals surface area contributed by atoms with Crippen molar-refractivity contribution in [3.8, 4) is 0 Å². The molecule has 0 saturated carbocycles. The first-order chi connectivity index (χ1) is 4.84. The number of rotatable bonds is 2. The van der Waals surface area contributed by atoms with Crippen molar-refractivity contribution in [3.63, 3.8) is 0 Å². The number of nitrogens with one attached hydrogen (secondary N) is 2. The van der Waals surface area contributed by atoms with E-state index in [1.54, 1.807) is 0 Å². The molecule has 3 heteroatoms. The molecule has 3 nitrogen and oxygen atoms in total. The molecule has 56 valence electrons. The summed E-state index contributed by atoms with van der Waals surface area (Å²) in [5, 5.41) is 0. The number of allylic oxidation sites excluding steroid dienone is 2. The second-order valence-corrected chi connectivity index (χ2v) is 2.23. The third kappa shape index (κ3) is 1.51. The van der Waals surface area contributed by atoms with Crippen LogP contribution in [0, 0.1) is 0 Å². The average Bonchev–Trinajstić information content (AvgIpc) is 1.94. The van der Waals surface area contributed by atoms with E-state index in [0.717, 1.165) is 24.2 Å². The lowest BCUT2D eigenvalue weighted by molar-refractivity contribution is 0.683.